The summed E-state index contributed by atoms with van der Waals surface area (Å²) in [6.45, 7) is 7.85. The number of hydrogen-bond donors (Lipinski definition) is 1. The van der Waals surface area contributed by atoms with Gasteiger partial charge < -0.3 is 9.29 Å². The lowest BCUT2D eigenvalue weighted by Gasteiger charge is -2.27. The van der Waals surface area contributed by atoms with Crippen LogP contribution in [0.3, 0.4) is 0 Å². The molecule has 0 aliphatic carbocycles. The van der Waals surface area contributed by atoms with E-state index in [2.05, 4.69) is 20.7 Å². The number of benzene rings is 1. The molecule has 0 aliphatic rings. The molecule has 0 fully saturated rings. The Labute approximate surface area is 121 Å². The van der Waals surface area contributed by atoms with Crippen LogP contribution in [0.2, 0.25) is 0 Å². The summed E-state index contributed by atoms with van der Waals surface area (Å²) in [6.07, 6.45) is 0. The lowest BCUT2D eigenvalue weighted by atomic mass is 10.1. The van der Waals surface area contributed by atoms with Gasteiger partial charge in [0.1, 0.15) is 10.5 Å². The highest BCUT2D eigenvalue weighted by atomic mass is 79.9. The summed E-state index contributed by atoms with van der Waals surface area (Å²) in [5, 5.41) is 0. The Hall–Kier alpha value is -0.230. The highest BCUT2D eigenvalue weighted by molar-refractivity contribution is 9.10. The monoisotopic (exact) mass is 333 g/mol. The van der Waals surface area contributed by atoms with Crippen LogP contribution in [0.15, 0.2) is 22.7 Å². The van der Waals surface area contributed by atoms with Gasteiger partial charge in [-0.05, 0) is 45.4 Å². The Balaban J connectivity index is 2.81. The second-order valence-electron chi connectivity index (χ2n) is 5.11. The predicted octanol–water partition coefficient (Wildman–Crippen LogP) is 3.57. The number of hydrogen-bond acceptors (Lipinski definition) is 3. The maximum atomic E-state index is 12.0. The molecule has 0 aliphatic heterocycles. The second kappa shape index (κ2) is 6.28. The van der Waals surface area contributed by atoms with Crippen LogP contribution in [0.1, 0.15) is 39.3 Å². The van der Waals surface area contributed by atoms with Crippen LogP contribution in [-0.4, -0.2) is 16.4 Å². The van der Waals surface area contributed by atoms with Gasteiger partial charge in [-0.1, -0.05) is 22.0 Å². The zero-order valence-electron chi connectivity index (χ0n) is 11.4. The largest absolute Gasteiger partial charge is 0.598 e. The molecule has 102 valence electrons. The molecule has 1 rings (SSSR count). The Morgan fingerprint density at radius 1 is 1.39 bits per heavy atom. The molecule has 0 heterocycles. The maximum Gasteiger partial charge on any atom is 0.136 e. The Bertz CT molecular complexity index is 406. The van der Waals surface area contributed by atoms with Crippen molar-refractivity contribution in [3.8, 4) is 5.75 Å². The summed E-state index contributed by atoms with van der Waals surface area (Å²) in [7, 11) is 1.64. The van der Waals surface area contributed by atoms with Crippen LogP contribution in [0.25, 0.3) is 0 Å². The van der Waals surface area contributed by atoms with Crippen molar-refractivity contribution in [3.05, 3.63) is 28.2 Å². The van der Waals surface area contributed by atoms with Crippen molar-refractivity contribution >= 4 is 27.3 Å². The maximum absolute atomic E-state index is 12.0. The molecule has 0 aromatic heterocycles. The number of nitrogens with one attached hydrogen (secondary N) is 1. The molecule has 1 N–H and O–H groups in total. The predicted molar refractivity (Wildman–Crippen MR) is 80.1 cm³/mol. The highest BCUT2D eigenvalue weighted by Crippen LogP contribution is 2.29. The molecule has 0 spiro atoms. The number of methoxy groups -OCH3 is 1. The third-order valence-corrected chi connectivity index (χ3v) is 4.88. The first kappa shape index (κ1) is 15.8. The third-order valence-electron chi connectivity index (χ3n) is 2.51. The first-order chi connectivity index (χ1) is 8.25. The van der Waals surface area contributed by atoms with Crippen molar-refractivity contribution in [1.82, 2.24) is 4.72 Å². The zero-order chi connectivity index (χ0) is 13.9. The summed E-state index contributed by atoms with van der Waals surface area (Å²) < 4.78 is 21.0. The van der Waals surface area contributed by atoms with Crippen molar-refractivity contribution in [2.75, 3.05) is 7.11 Å². The van der Waals surface area contributed by atoms with E-state index in [9.17, 15) is 4.55 Å². The van der Waals surface area contributed by atoms with Crippen LogP contribution < -0.4 is 9.46 Å². The average Bonchev–Trinajstić information content (AvgIpc) is 2.27. The van der Waals surface area contributed by atoms with Gasteiger partial charge in [0.15, 0.2) is 0 Å². The summed E-state index contributed by atoms with van der Waals surface area (Å²) >= 11 is 2.42. The zero-order valence-corrected chi connectivity index (χ0v) is 13.8. The van der Waals surface area contributed by atoms with Crippen LogP contribution in [0.4, 0.5) is 0 Å². The smallest absolute Gasteiger partial charge is 0.136 e. The Morgan fingerprint density at radius 2 is 2.00 bits per heavy atom. The minimum atomic E-state index is -1.09. The molecule has 2 atom stereocenters. The van der Waals surface area contributed by atoms with E-state index < -0.39 is 11.4 Å². The molecule has 0 radical (unpaired) electrons. The fraction of sp³-hybridized carbons (Fsp3) is 0.538. The Morgan fingerprint density at radius 3 is 2.44 bits per heavy atom. The molecule has 1 aromatic carbocycles. The normalized spacial score (nSPS) is 15.3. The van der Waals surface area contributed by atoms with Crippen molar-refractivity contribution in [1.29, 1.82) is 0 Å². The van der Waals surface area contributed by atoms with E-state index in [1.54, 1.807) is 7.11 Å². The van der Waals surface area contributed by atoms with E-state index >= 15 is 0 Å². The van der Waals surface area contributed by atoms with Gasteiger partial charge in [0.05, 0.1) is 13.2 Å². The van der Waals surface area contributed by atoms with E-state index in [1.165, 1.54) is 0 Å². The first-order valence-corrected chi connectivity index (χ1v) is 7.71. The lowest BCUT2D eigenvalue weighted by Crippen LogP contribution is -2.40. The van der Waals surface area contributed by atoms with Gasteiger partial charge in [-0.25, -0.2) is 0 Å². The van der Waals surface area contributed by atoms with Crippen molar-refractivity contribution in [2.24, 2.45) is 0 Å². The molecule has 5 heteroatoms. The molecule has 3 nitrogen and oxygen atoms in total. The van der Waals surface area contributed by atoms with Crippen LogP contribution in [-0.2, 0) is 11.4 Å². The van der Waals surface area contributed by atoms with Gasteiger partial charge >= 0.3 is 0 Å². The molecule has 0 bridgehead atoms. The van der Waals surface area contributed by atoms with Gasteiger partial charge in [0.25, 0.3) is 0 Å². The van der Waals surface area contributed by atoms with Gasteiger partial charge in [-0.2, -0.15) is 0 Å². The van der Waals surface area contributed by atoms with Crippen LogP contribution in [0, 0.1) is 0 Å². The van der Waals surface area contributed by atoms with Gasteiger partial charge in [-0.3, -0.25) is 0 Å². The molecule has 1 aromatic rings. The fourth-order valence-corrected chi connectivity index (χ4v) is 2.89. The summed E-state index contributed by atoms with van der Waals surface area (Å²) in [6, 6.07) is 5.79. The molecule has 18 heavy (non-hydrogen) atoms. The summed E-state index contributed by atoms with van der Waals surface area (Å²) in [4.78, 5) is 0. The van der Waals surface area contributed by atoms with Gasteiger partial charge in [0, 0.05) is 15.8 Å². The summed E-state index contributed by atoms with van der Waals surface area (Å²) in [5.41, 5.74) is 1.06. The van der Waals surface area contributed by atoms with Crippen LogP contribution in [0.5, 0.6) is 5.75 Å². The number of halogens is 1. The fourth-order valence-electron chi connectivity index (χ4n) is 1.39. The number of ether oxygens (including phenoxy) is 1. The van der Waals surface area contributed by atoms with E-state index in [-0.39, 0.29) is 10.8 Å². The van der Waals surface area contributed by atoms with E-state index in [0.717, 1.165) is 15.8 Å². The first-order valence-electron chi connectivity index (χ1n) is 5.77. The minimum Gasteiger partial charge on any atom is -0.598 e. The second-order valence-corrected chi connectivity index (χ2v) is 7.96. The molecular formula is C13H20BrNO2S. The van der Waals surface area contributed by atoms with Crippen molar-refractivity contribution in [2.45, 2.75) is 38.5 Å². The topological polar surface area (TPSA) is 44.3 Å². The minimum absolute atomic E-state index is 0.00494. The third kappa shape index (κ3) is 4.16. The van der Waals surface area contributed by atoms with E-state index in [4.69, 9.17) is 4.74 Å². The van der Waals surface area contributed by atoms with Crippen LogP contribution >= 0.6 is 15.9 Å². The average molecular weight is 334 g/mol. The molecular weight excluding hydrogens is 314 g/mol. The quantitative estimate of drug-likeness (QED) is 0.856. The standard InChI is InChI=1S/C13H20BrNO2S/c1-9(15-18(16)13(2,3)4)11-7-6-10(17-5)8-12(11)14/h6-9,15H,1-5H3/t9-,18?/m0/s1. The van der Waals surface area contributed by atoms with E-state index in [1.807, 2.05) is 45.9 Å². The van der Waals surface area contributed by atoms with Crippen molar-refractivity contribution in [3.63, 3.8) is 0 Å². The van der Waals surface area contributed by atoms with Gasteiger partial charge in [0.2, 0.25) is 0 Å². The highest BCUT2D eigenvalue weighted by Gasteiger charge is 2.28. The SMILES string of the molecule is COc1ccc([C@H](C)N[S+]([O-])C(C)(C)C)c(Br)c1. The molecule has 0 amide bonds. The number of rotatable bonds is 4. The molecule has 0 saturated heterocycles. The van der Waals surface area contributed by atoms with Crippen molar-refractivity contribution < 1.29 is 9.29 Å². The lowest BCUT2D eigenvalue weighted by molar-refractivity contribution is 0.414. The van der Waals surface area contributed by atoms with E-state index in [0.29, 0.717) is 0 Å². The molecule has 1 unspecified atom stereocenters. The summed E-state index contributed by atoms with van der Waals surface area (Å²) in [5.74, 6) is 0.801. The molecule has 0 saturated carbocycles. The Kier molecular flexibility index (Phi) is 5.52. The van der Waals surface area contributed by atoms with Gasteiger partial charge in [-0.15, -0.1) is 4.72 Å².